The number of aromatic nitrogens is 5. The van der Waals surface area contributed by atoms with E-state index in [-0.39, 0.29) is 33.9 Å². The Morgan fingerprint density at radius 2 is 2.05 bits per heavy atom. The normalized spacial score (nSPS) is 15.7. The van der Waals surface area contributed by atoms with Crippen molar-refractivity contribution in [3.8, 4) is 17.1 Å². The topological polar surface area (TPSA) is 100 Å². The average molecular weight is 536 g/mol. The zero-order valence-electron chi connectivity index (χ0n) is 21.1. The zero-order valence-corrected chi connectivity index (χ0v) is 21.9. The average Bonchev–Trinajstić information content (AvgIpc) is 3.36. The van der Waals surface area contributed by atoms with Crippen molar-refractivity contribution in [2.75, 3.05) is 24.5 Å². The highest BCUT2D eigenvalue weighted by Crippen LogP contribution is 2.35. The molecule has 0 aliphatic carbocycles. The van der Waals surface area contributed by atoms with Crippen molar-refractivity contribution >= 4 is 34.4 Å². The number of aryl methyl sites for hydroxylation is 1. The van der Waals surface area contributed by atoms with Crippen LogP contribution in [0.2, 0.25) is 5.02 Å². The molecule has 1 aliphatic rings. The predicted octanol–water partition coefficient (Wildman–Crippen LogP) is 4.14. The second kappa shape index (κ2) is 10.4. The molecule has 1 fully saturated rings. The van der Waals surface area contributed by atoms with Crippen LogP contribution in [0, 0.1) is 5.82 Å². The molecule has 38 heavy (non-hydrogen) atoms. The highest BCUT2D eigenvalue weighted by atomic mass is 35.5. The van der Waals surface area contributed by atoms with Crippen LogP contribution in [-0.4, -0.2) is 61.2 Å². The molecule has 0 radical (unpaired) electrons. The van der Waals surface area contributed by atoms with Crippen LogP contribution >= 0.6 is 11.6 Å². The van der Waals surface area contributed by atoms with Crippen molar-refractivity contribution in [1.29, 1.82) is 0 Å². The van der Waals surface area contributed by atoms with E-state index in [1.807, 2.05) is 18.7 Å². The number of pyridine rings is 1. The molecule has 1 atom stereocenters. The number of nitrogens with zero attached hydrogens (tertiary/aromatic N) is 6. The Bertz CT molecular complexity index is 1600. The number of fused-ring (bicyclic) bond motifs is 1. The summed E-state index contributed by atoms with van der Waals surface area (Å²) in [7, 11) is 0. The fourth-order valence-electron chi connectivity index (χ4n) is 4.91. The molecule has 1 aliphatic heterocycles. The van der Waals surface area contributed by atoms with Gasteiger partial charge in [0.25, 0.3) is 0 Å². The Morgan fingerprint density at radius 3 is 2.76 bits per heavy atom. The number of carbonyl (C=O) groups is 1. The molecule has 1 N–H and O–H groups in total. The molecule has 1 aromatic carbocycles. The van der Waals surface area contributed by atoms with Gasteiger partial charge in [0.1, 0.15) is 11.6 Å². The summed E-state index contributed by atoms with van der Waals surface area (Å²) < 4.78 is 16.1. The Labute approximate surface area is 223 Å². The predicted molar refractivity (Wildman–Crippen MR) is 145 cm³/mol. The molecule has 5 rings (SSSR count). The molecule has 0 spiro atoms. The number of carbonyl (C=O) groups excluding carboxylic acids is 1. The number of H-pyrrole nitrogens is 1. The summed E-state index contributed by atoms with van der Waals surface area (Å²) in [5, 5.41) is 7.92. The lowest BCUT2D eigenvalue weighted by atomic mass is 10.1. The van der Waals surface area contributed by atoms with Gasteiger partial charge in [-0.05, 0) is 37.6 Å². The van der Waals surface area contributed by atoms with Crippen molar-refractivity contribution in [2.24, 2.45) is 0 Å². The largest absolute Gasteiger partial charge is 0.357 e. The molecular weight excluding hydrogens is 509 g/mol. The molecule has 3 aromatic heterocycles. The lowest BCUT2D eigenvalue weighted by molar-refractivity contribution is -0.126. The van der Waals surface area contributed by atoms with Crippen LogP contribution in [0.3, 0.4) is 0 Å². The van der Waals surface area contributed by atoms with Gasteiger partial charge in [-0.1, -0.05) is 43.7 Å². The van der Waals surface area contributed by atoms with E-state index in [1.54, 1.807) is 35.4 Å². The van der Waals surface area contributed by atoms with Gasteiger partial charge in [-0.3, -0.25) is 9.89 Å². The summed E-state index contributed by atoms with van der Waals surface area (Å²) in [6.07, 6.45) is 4.57. The third-order valence-electron chi connectivity index (χ3n) is 6.74. The van der Waals surface area contributed by atoms with E-state index >= 15 is 0 Å². The van der Waals surface area contributed by atoms with Crippen molar-refractivity contribution in [2.45, 2.75) is 32.7 Å². The number of nitrogens with one attached hydrogen (secondary N) is 1. The number of aromatic amines is 1. The van der Waals surface area contributed by atoms with Gasteiger partial charge < -0.3 is 9.80 Å². The first kappa shape index (κ1) is 25.6. The molecule has 1 amide bonds. The first-order valence-electron chi connectivity index (χ1n) is 12.4. The molecular formula is C27H27ClFN7O2. The van der Waals surface area contributed by atoms with Crippen LogP contribution < -0.4 is 10.6 Å². The Hall–Kier alpha value is -4.05. The number of hydrogen-bond donors (Lipinski definition) is 1. The summed E-state index contributed by atoms with van der Waals surface area (Å²) in [6, 6.07) is 7.74. The van der Waals surface area contributed by atoms with E-state index in [1.165, 1.54) is 16.7 Å². The summed E-state index contributed by atoms with van der Waals surface area (Å²) in [5.41, 5.74) is 0.966. The standard InChI is InChI=1S/C27H27ClFN7O2/c1-4-8-17-14-30-33-24(17)36-26-19(13-20(28)23(31-26)18-9-6-7-10-21(18)29)25(32-27(36)38)35-12-11-34(15-16(35)3)22(37)5-2/h5-7,9-10,13-14,16H,2,4,8,11-12,15H2,1,3H3,(H,30,33)/t16-/m0/s1. The fraction of sp³-hybridized carbons (Fsp3) is 0.296. The number of piperazine rings is 1. The second-order valence-corrected chi connectivity index (χ2v) is 9.65. The summed E-state index contributed by atoms with van der Waals surface area (Å²) in [4.78, 5) is 38.7. The summed E-state index contributed by atoms with van der Waals surface area (Å²) in [5.74, 6) is 0.171. The SMILES string of the molecule is C=CC(=O)N1CCN(c2nc(=O)n(-c3n[nH]cc3CCC)c3nc(-c4ccccc4F)c(Cl)cc23)[C@@H](C)C1. The summed E-state index contributed by atoms with van der Waals surface area (Å²) in [6.45, 7) is 8.89. The number of amides is 1. The first-order valence-corrected chi connectivity index (χ1v) is 12.8. The molecule has 196 valence electrons. The number of anilines is 1. The van der Waals surface area contributed by atoms with Gasteiger partial charge in [-0.25, -0.2) is 18.7 Å². The highest BCUT2D eigenvalue weighted by Gasteiger charge is 2.30. The molecule has 11 heteroatoms. The van der Waals surface area contributed by atoms with Crippen LogP contribution in [0.15, 0.2) is 54.0 Å². The fourth-order valence-corrected chi connectivity index (χ4v) is 5.17. The molecule has 0 saturated carbocycles. The minimum atomic E-state index is -0.567. The van der Waals surface area contributed by atoms with Crippen molar-refractivity contribution in [1.82, 2.24) is 29.6 Å². The molecule has 4 aromatic rings. The third-order valence-corrected chi connectivity index (χ3v) is 7.03. The Morgan fingerprint density at radius 1 is 1.26 bits per heavy atom. The van der Waals surface area contributed by atoms with E-state index in [9.17, 15) is 14.0 Å². The maximum atomic E-state index is 14.8. The number of rotatable bonds is 6. The Kier molecular flexibility index (Phi) is 6.98. The molecule has 0 bridgehead atoms. The van der Waals surface area contributed by atoms with Gasteiger partial charge in [0, 0.05) is 43.0 Å². The smallest absolute Gasteiger partial charge is 0.350 e. The van der Waals surface area contributed by atoms with Crippen LogP contribution in [0.25, 0.3) is 28.1 Å². The van der Waals surface area contributed by atoms with Crippen LogP contribution in [0.1, 0.15) is 25.8 Å². The van der Waals surface area contributed by atoms with Gasteiger partial charge in [-0.15, -0.1) is 0 Å². The Balaban J connectivity index is 1.75. The summed E-state index contributed by atoms with van der Waals surface area (Å²) >= 11 is 6.69. The maximum absolute atomic E-state index is 14.8. The lowest BCUT2D eigenvalue weighted by Crippen LogP contribution is -2.54. The van der Waals surface area contributed by atoms with Crippen molar-refractivity contribution in [3.63, 3.8) is 0 Å². The number of halogens is 2. The van der Waals surface area contributed by atoms with E-state index in [0.29, 0.717) is 43.1 Å². The van der Waals surface area contributed by atoms with Gasteiger partial charge in [-0.2, -0.15) is 10.1 Å². The van der Waals surface area contributed by atoms with Crippen LogP contribution in [0.4, 0.5) is 10.2 Å². The highest BCUT2D eigenvalue weighted by molar-refractivity contribution is 6.33. The van der Waals surface area contributed by atoms with Gasteiger partial charge in [0.2, 0.25) is 5.91 Å². The zero-order chi connectivity index (χ0) is 27.0. The maximum Gasteiger partial charge on any atom is 0.357 e. The number of benzene rings is 1. The molecule has 1 saturated heterocycles. The lowest BCUT2D eigenvalue weighted by Gasteiger charge is -2.40. The van der Waals surface area contributed by atoms with E-state index in [2.05, 4.69) is 21.8 Å². The first-order chi connectivity index (χ1) is 18.3. The quantitative estimate of drug-likeness (QED) is 0.372. The monoisotopic (exact) mass is 535 g/mol. The van der Waals surface area contributed by atoms with Crippen LogP contribution in [-0.2, 0) is 11.2 Å². The molecule has 9 nitrogen and oxygen atoms in total. The van der Waals surface area contributed by atoms with Gasteiger partial charge >= 0.3 is 5.69 Å². The van der Waals surface area contributed by atoms with E-state index in [0.717, 1.165) is 12.0 Å². The van der Waals surface area contributed by atoms with E-state index < -0.39 is 11.5 Å². The van der Waals surface area contributed by atoms with E-state index in [4.69, 9.17) is 16.6 Å². The van der Waals surface area contributed by atoms with Crippen LogP contribution in [0.5, 0.6) is 0 Å². The molecule has 4 heterocycles. The minimum absolute atomic E-state index is 0.147. The minimum Gasteiger partial charge on any atom is -0.350 e. The van der Waals surface area contributed by atoms with Crippen molar-refractivity contribution in [3.05, 3.63) is 76.1 Å². The van der Waals surface area contributed by atoms with Gasteiger partial charge in [0.05, 0.1) is 16.1 Å². The second-order valence-electron chi connectivity index (χ2n) is 9.24. The third kappa shape index (κ3) is 4.45. The van der Waals surface area contributed by atoms with Gasteiger partial charge in [0.15, 0.2) is 11.5 Å². The molecule has 0 unspecified atom stereocenters. The number of hydrogen-bond acceptors (Lipinski definition) is 6. The van der Waals surface area contributed by atoms with Crippen molar-refractivity contribution < 1.29 is 9.18 Å².